The minimum absolute atomic E-state index is 0.0643. The zero-order chi connectivity index (χ0) is 14.8. The molecule has 0 aliphatic carbocycles. The molecule has 1 unspecified atom stereocenters. The molecule has 1 atom stereocenters. The van der Waals surface area contributed by atoms with Crippen LogP contribution in [-0.4, -0.2) is 62.1 Å². The molecule has 0 spiro atoms. The number of hydrogen-bond acceptors (Lipinski definition) is 4. The van der Waals surface area contributed by atoms with Crippen LogP contribution in [0.1, 0.15) is 33.1 Å². The van der Waals surface area contributed by atoms with Crippen molar-refractivity contribution in [3.05, 3.63) is 0 Å². The topological polar surface area (TPSA) is 70.7 Å². The molecule has 1 fully saturated rings. The van der Waals surface area contributed by atoms with E-state index in [1.165, 1.54) is 0 Å². The van der Waals surface area contributed by atoms with Crippen molar-refractivity contribution in [2.24, 2.45) is 0 Å². The quantitative estimate of drug-likeness (QED) is 0.491. The van der Waals surface area contributed by atoms with Crippen LogP contribution in [0.4, 0.5) is 0 Å². The molecule has 0 aromatic rings. The fourth-order valence-corrected chi connectivity index (χ4v) is 2.22. The minimum atomic E-state index is -0.566. The summed E-state index contributed by atoms with van der Waals surface area (Å²) in [5, 5.41) is 5.25. The third kappa shape index (κ3) is 6.34. The van der Waals surface area contributed by atoms with Crippen LogP contribution in [0.15, 0.2) is 0 Å². The van der Waals surface area contributed by atoms with Crippen molar-refractivity contribution in [1.29, 1.82) is 0 Å². The van der Waals surface area contributed by atoms with Crippen molar-refractivity contribution in [3.63, 3.8) is 0 Å². The number of hydrogen-bond donors (Lipinski definition) is 2. The zero-order valence-corrected chi connectivity index (χ0v) is 12.6. The first-order valence-electron chi connectivity index (χ1n) is 7.57. The summed E-state index contributed by atoms with van der Waals surface area (Å²) in [6, 6.07) is 0. The zero-order valence-electron chi connectivity index (χ0n) is 12.6. The molecule has 0 saturated carbocycles. The molecule has 2 N–H and O–H groups in total. The van der Waals surface area contributed by atoms with Crippen LogP contribution in [-0.2, 0) is 14.3 Å². The molecule has 6 nitrogen and oxygen atoms in total. The van der Waals surface area contributed by atoms with Crippen LogP contribution in [0.25, 0.3) is 0 Å². The van der Waals surface area contributed by atoms with E-state index >= 15 is 0 Å². The lowest BCUT2D eigenvalue weighted by molar-refractivity contribution is -0.139. The summed E-state index contributed by atoms with van der Waals surface area (Å²) in [6.45, 7) is 8.87. The number of amides is 2. The third-order valence-corrected chi connectivity index (χ3v) is 3.55. The van der Waals surface area contributed by atoms with E-state index in [1.54, 1.807) is 0 Å². The van der Waals surface area contributed by atoms with E-state index in [9.17, 15) is 9.59 Å². The highest BCUT2D eigenvalue weighted by Crippen LogP contribution is 2.10. The van der Waals surface area contributed by atoms with Crippen molar-refractivity contribution in [2.45, 2.75) is 39.2 Å². The molecule has 2 amide bonds. The van der Waals surface area contributed by atoms with E-state index in [0.717, 1.165) is 45.5 Å². The molecule has 0 radical (unpaired) electrons. The van der Waals surface area contributed by atoms with Gasteiger partial charge in [-0.1, -0.05) is 13.8 Å². The number of rotatable bonds is 8. The highest BCUT2D eigenvalue weighted by molar-refractivity contribution is 6.35. The Labute approximate surface area is 121 Å². The Hall–Kier alpha value is -1.14. The molecule has 1 heterocycles. The monoisotopic (exact) mass is 285 g/mol. The fraction of sp³-hybridized carbons (Fsp3) is 0.857. The SMILES string of the molecule is CCN(CC)CCCNC(=O)C(=O)NCC1CCCO1. The van der Waals surface area contributed by atoms with E-state index in [4.69, 9.17) is 4.74 Å². The second kappa shape index (κ2) is 9.72. The second-order valence-corrected chi connectivity index (χ2v) is 4.98. The van der Waals surface area contributed by atoms with Gasteiger partial charge in [-0.15, -0.1) is 0 Å². The second-order valence-electron chi connectivity index (χ2n) is 4.98. The molecule has 1 aliphatic rings. The maximum atomic E-state index is 11.6. The molecule has 0 aromatic heterocycles. The first-order chi connectivity index (χ1) is 9.67. The number of nitrogens with zero attached hydrogens (tertiary/aromatic N) is 1. The van der Waals surface area contributed by atoms with Crippen LogP contribution in [0, 0.1) is 0 Å². The Morgan fingerprint density at radius 2 is 1.90 bits per heavy atom. The molecule has 6 heteroatoms. The Kier molecular flexibility index (Phi) is 8.22. The van der Waals surface area contributed by atoms with Crippen LogP contribution >= 0.6 is 0 Å². The standard InChI is InChI=1S/C14H27N3O3/c1-3-17(4-2)9-6-8-15-13(18)14(19)16-11-12-7-5-10-20-12/h12H,3-11H2,1-2H3,(H,15,18)(H,16,19). The van der Waals surface area contributed by atoms with Gasteiger partial charge in [0.05, 0.1) is 6.10 Å². The normalized spacial score (nSPS) is 18.2. The molecule has 1 aliphatic heterocycles. The van der Waals surface area contributed by atoms with Gasteiger partial charge in [0.15, 0.2) is 0 Å². The molecular formula is C14H27N3O3. The number of ether oxygens (including phenoxy) is 1. The lowest BCUT2D eigenvalue weighted by Gasteiger charge is -2.17. The predicted octanol–water partition coefficient (Wildman–Crippen LogP) is 0.130. The smallest absolute Gasteiger partial charge is 0.309 e. The summed E-state index contributed by atoms with van der Waals surface area (Å²) in [5.74, 6) is -1.12. The molecule has 116 valence electrons. The van der Waals surface area contributed by atoms with Gasteiger partial charge in [0, 0.05) is 19.7 Å². The largest absolute Gasteiger partial charge is 0.376 e. The summed E-state index contributed by atoms with van der Waals surface area (Å²) in [7, 11) is 0. The molecule has 1 rings (SSSR count). The lowest BCUT2D eigenvalue weighted by atomic mass is 10.2. The first-order valence-corrected chi connectivity index (χ1v) is 7.57. The van der Waals surface area contributed by atoms with Gasteiger partial charge in [-0.3, -0.25) is 9.59 Å². The van der Waals surface area contributed by atoms with Gasteiger partial charge in [0.1, 0.15) is 0 Å². The fourth-order valence-electron chi connectivity index (χ4n) is 2.22. The summed E-state index contributed by atoms with van der Waals surface area (Å²) >= 11 is 0. The van der Waals surface area contributed by atoms with Gasteiger partial charge in [-0.25, -0.2) is 0 Å². The minimum Gasteiger partial charge on any atom is -0.376 e. The van der Waals surface area contributed by atoms with Crippen molar-refractivity contribution in [2.75, 3.05) is 39.3 Å². The van der Waals surface area contributed by atoms with E-state index in [0.29, 0.717) is 13.1 Å². The van der Waals surface area contributed by atoms with Crippen LogP contribution in [0.5, 0.6) is 0 Å². The van der Waals surface area contributed by atoms with Crippen molar-refractivity contribution in [1.82, 2.24) is 15.5 Å². The third-order valence-electron chi connectivity index (χ3n) is 3.55. The van der Waals surface area contributed by atoms with Gasteiger partial charge >= 0.3 is 11.8 Å². The summed E-state index contributed by atoms with van der Waals surface area (Å²) in [6.07, 6.45) is 2.89. The Morgan fingerprint density at radius 1 is 1.20 bits per heavy atom. The Morgan fingerprint density at radius 3 is 2.50 bits per heavy atom. The number of nitrogens with one attached hydrogen (secondary N) is 2. The highest BCUT2D eigenvalue weighted by atomic mass is 16.5. The highest BCUT2D eigenvalue weighted by Gasteiger charge is 2.18. The van der Waals surface area contributed by atoms with E-state index in [1.807, 2.05) is 0 Å². The van der Waals surface area contributed by atoms with Gasteiger partial charge in [-0.2, -0.15) is 0 Å². The maximum Gasteiger partial charge on any atom is 0.309 e. The summed E-state index contributed by atoms with van der Waals surface area (Å²) in [4.78, 5) is 25.4. The molecular weight excluding hydrogens is 258 g/mol. The maximum absolute atomic E-state index is 11.6. The molecule has 0 aromatic carbocycles. The average Bonchev–Trinajstić information content (AvgIpc) is 2.98. The molecule has 20 heavy (non-hydrogen) atoms. The molecule has 1 saturated heterocycles. The first kappa shape index (κ1) is 16.9. The van der Waals surface area contributed by atoms with Crippen molar-refractivity contribution < 1.29 is 14.3 Å². The summed E-state index contributed by atoms with van der Waals surface area (Å²) in [5.41, 5.74) is 0. The van der Waals surface area contributed by atoms with E-state index < -0.39 is 11.8 Å². The van der Waals surface area contributed by atoms with Crippen molar-refractivity contribution >= 4 is 11.8 Å². The van der Waals surface area contributed by atoms with E-state index in [2.05, 4.69) is 29.4 Å². The van der Waals surface area contributed by atoms with Crippen LogP contribution in [0.3, 0.4) is 0 Å². The lowest BCUT2D eigenvalue weighted by Crippen LogP contribution is -2.43. The summed E-state index contributed by atoms with van der Waals surface area (Å²) < 4.78 is 5.38. The van der Waals surface area contributed by atoms with Gasteiger partial charge in [-0.05, 0) is 38.9 Å². The van der Waals surface area contributed by atoms with Crippen LogP contribution in [0.2, 0.25) is 0 Å². The van der Waals surface area contributed by atoms with Gasteiger partial charge in [0.2, 0.25) is 0 Å². The predicted molar refractivity (Wildman–Crippen MR) is 77.4 cm³/mol. The van der Waals surface area contributed by atoms with Gasteiger partial charge in [0.25, 0.3) is 0 Å². The van der Waals surface area contributed by atoms with E-state index in [-0.39, 0.29) is 6.10 Å². The number of carbonyl (C=O) groups is 2. The van der Waals surface area contributed by atoms with Crippen LogP contribution < -0.4 is 10.6 Å². The molecule has 0 bridgehead atoms. The Balaban J connectivity index is 2.07. The van der Waals surface area contributed by atoms with Crippen molar-refractivity contribution in [3.8, 4) is 0 Å². The number of carbonyl (C=O) groups excluding carboxylic acids is 2. The average molecular weight is 285 g/mol. The Bertz CT molecular complexity index is 300. The van der Waals surface area contributed by atoms with Gasteiger partial charge < -0.3 is 20.3 Å².